The molecule has 4 aromatic rings. The van der Waals surface area contributed by atoms with Crippen LogP contribution in [0.4, 0.5) is 20.4 Å². The topological polar surface area (TPSA) is 104 Å². The molecule has 0 radical (unpaired) electrons. The molecular weight excluding hydrogens is 440 g/mol. The van der Waals surface area contributed by atoms with Crippen molar-refractivity contribution in [1.82, 2.24) is 30.5 Å². The van der Waals surface area contributed by atoms with E-state index in [-0.39, 0.29) is 22.7 Å². The van der Waals surface area contributed by atoms with Gasteiger partial charge in [0.05, 0.1) is 16.9 Å². The zero-order valence-corrected chi connectivity index (χ0v) is 18.7. The van der Waals surface area contributed by atoms with Gasteiger partial charge in [-0.15, -0.1) is 0 Å². The third kappa shape index (κ3) is 4.40. The Morgan fingerprint density at radius 2 is 2.00 bits per heavy atom. The van der Waals surface area contributed by atoms with Gasteiger partial charge in [-0.2, -0.15) is 15.1 Å². The average molecular weight is 463 g/mol. The number of aryl methyl sites for hydroxylation is 1. The fraction of sp³-hybridized carbons (Fsp3) is 0.208. The largest absolute Gasteiger partial charge is 0.421 e. The smallest absolute Gasteiger partial charge is 0.324 e. The lowest BCUT2D eigenvalue weighted by atomic mass is 10.1. The Labute approximate surface area is 194 Å². The fourth-order valence-electron chi connectivity index (χ4n) is 3.86. The van der Waals surface area contributed by atoms with Crippen LogP contribution < -0.4 is 15.4 Å². The van der Waals surface area contributed by atoms with Crippen LogP contribution in [-0.2, 0) is 0 Å². The molecule has 1 aliphatic rings. The first kappa shape index (κ1) is 21.8. The number of hydrogen-bond donors (Lipinski definition) is 4. The predicted octanol–water partition coefficient (Wildman–Crippen LogP) is 5.21. The van der Waals surface area contributed by atoms with E-state index in [0.717, 1.165) is 30.3 Å². The summed E-state index contributed by atoms with van der Waals surface area (Å²) in [6.45, 7) is 5.17. The second kappa shape index (κ2) is 9.06. The van der Waals surface area contributed by atoms with Crippen molar-refractivity contribution in [3.8, 4) is 11.8 Å². The summed E-state index contributed by atoms with van der Waals surface area (Å²) in [5.41, 5.74) is 3.20. The van der Waals surface area contributed by atoms with Crippen molar-refractivity contribution in [2.45, 2.75) is 20.3 Å². The van der Waals surface area contributed by atoms with Crippen LogP contribution in [0, 0.1) is 18.6 Å². The molecule has 5 rings (SSSR count). The molecule has 0 spiro atoms. The van der Waals surface area contributed by atoms with Crippen molar-refractivity contribution >= 4 is 34.2 Å². The second-order valence-corrected chi connectivity index (χ2v) is 7.95. The van der Waals surface area contributed by atoms with Gasteiger partial charge in [0.2, 0.25) is 0 Å². The molecule has 8 nitrogen and oxygen atoms in total. The Kier molecular flexibility index (Phi) is 5.81. The van der Waals surface area contributed by atoms with Crippen LogP contribution in [0.1, 0.15) is 30.4 Å². The highest BCUT2D eigenvalue weighted by atomic mass is 19.1. The summed E-state index contributed by atoms with van der Waals surface area (Å²) in [4.78, 5) is 11.7. The van der Waals surface area contributed by atoms with Gasteiger partial charge in [-0.3, -0.25) is 5.10 Å². The number of ether oxygens (including phenoxy) is 1. The number of aromatic nitrogens is 5. The van der Waals surface area contributed by atoms with Gasteiger partial charge in [-0.1, -0.05) is 12.2 Å². The maximum Gasteiger partial charge on any atom is 0.324 e. The molecule has 0 bridgehead atoms. The quantitative estimate of drug-likeness (QED) is 0.313. The van der Waals surface area contributed by atoms with Crippen LogP contribution in [0.25, 0.3) is 22.6 Å². The zero-order chi connectivity index (χ0) is 23.7. The number of benzene rings is 1. The van der Waals surface area contributed by atoms with E-state index in [9.17, 15) is 4.39 Å². The molecule has 4 heterocycles. The van der Waals surface area contributed by atoms with Gasteiger partial charge in [0.15, 0.2) is 23.2 Å². The predicted molar refractivity (Wildman–Crippen MR) is 127 cm³/mol. The minimum absolute atomic E-state index is 0.0923. The molecule has 4 N–H and O–H groups in total. The van der Waals surface area contributed by atoms with Gasteiger partial charge in [-0.05, 0) is 44.5 Å². The third-order valence-electron chi connectivity index (χ3n) is 5.40. The molecule has 0 saturated carbocycles. The van der Waals surface area contributed by atoms with E-state index in [1.807, 2.05) is 31.2 Å². The van der Waals surface area contributed by atoms with E-state index in [1.54, 1.807) is 13.0 Å². The van der Waals surface area contributed by atoms with Crippen molar-refractivity contribution < 1.29 is 13.5 Å². The minimum atomic E-state index is -0.686. The van der Waals surface area contributed by atoms with E-state index in [0.29, 0.717) is 29.6 Å². The summed E-state index contributed by atoms with van der Waals surface area (Å²) in [7, 11) is 0. The Hall–Kier alpha value is -4.05. The van der Waals surface area contributed by atoms with Crippen LogP contribution in [0.5, 0.6) is 11.8 Å². The first-order valence-corrected chi connectivity index (χ1v) is 10.9. The number of hydrogen-bond acceptors (Lipinski definition) is 6. The van der Waals surface area contributed by atoms with E-state index >= 15 is 4.39 Å². The van der Waals surface area contributed by atoms with Gasteiger partial charge in [0.1, 0.15) is 5.82 Å². The maximum atomic E-state index is 15.1. The number of H-pyrrole nitrogens is 2. The Bertz CT molecular complexity index is 1420. The van der Waals surface area contributed by atoms with Crippen LogP contribution in [0.2, 0.25) is 0 Å². The van der Waals surface area contributed by atoms with Crippen molar-refractivity contribution in [2.24, 2.45) is 0 Å². The molecule has 0 atom stereocenters. The lowest BCUT2D eigenvalue weighted by molar-refractivity contribution is 0.410. The lowest BCUT2D eigenvalue weighted by Gasteiger charge is -2.15. The molecule has 0 fully saturated rings. The summed E-state index contributed by atoms with van der Waals surface area (Å²) < 4.78 is 35.4. The molecule has 0 aliphatic carbocycles. The molecule has 1 aromatic carbocycles. The van der Waals surface area contributed by atoms with Crippen LogP contribution in [0.15, 0.2) is 36.4 Å². The number of nitrogens with zero attached hydrogens (tertiary/aromatic N) is 3. The number of halogens is 2. The number of nitrogens with one attached hydrogen (secondary N) is 4. The van der Waals surface area contributed by atoms with Gasteiger partial charge in [0, 0.05) is 35.8 Å². The number of rotatable bonds is 6. The van der Waals surface area contributed by atoms with E-state index < -0.39 is 11.6 Å². The molecule has 3 aromatic heterocycles. The van der Waals surface area contributed by atoms with Gasteiger partial charge in [0.25, 0.3) is 0 Å². The van der Waals surface area contributed by atoms with Crippen molar-refractivity contribution in [3.05, 3.63) is 65.1 Å². The van der Waals surface area contributed by atoms with E-state index in [1.165, 1.54) is 6.07 Å². The molecule has 0 amide bonds. The highest BCUT2D eigenvalue weighted by Gasteiger charge is 2.19. The molecular formula is C24H23F2N7O. The van der Waals surface area contributed by atoms with Crippen molar-refractivity contribution in [2.75, 3.05) is 18.4 Å². The summed E-state index contributed by atoms with van der Waals surface area (Å²) in [6, 6.07) is 6.03. The normalized spacial score (nSPS) is 14.1. The molecule has 10 heteroatoms. The maximum absolute atomic E-state index is 15.1. The lowest BCUT2D eigenvalue weighted by Crippen LogP contribution is -2.20. The number of fused-ring (bicyclic) bond motifs is 1. The number of allylic oxidation sites excluding steroid dienone is 1. The van der Waals surface area contributed by atoms with E-state index in [2.05, 4.69) is 35.8 Å². The number of aromatic amines is 2. The summed E-state index contributed by atoms with van der Waals surface area (Å²) in [6.07, 6.45) is 6.58. The Balaban J connectivity index is 1.53. The second-order valence-electron chi connectivity index (χ2n) is 7.95. The molecule has 0 saturated heterocycles. The van der Waals surface area contributed by atoms with Gasteiger partial charge >= 0.3 is 6.01 Å². The van der Waals surface area contributed by atoms with Crippen molar-refractivity contribution in [3.63, 3.8) is 0 Å². The van der Waals surface area contributed by atoms with Crippen LogP contribution >= 0.6 is 0 Å². The van der Waals surface area contributed by atoms with Gasteiger partial charge in [-0.25, -0.2) is 8.78 Å². The SMILES string of the molecule is CC=Cc1cc(Nc2cc(C3=CCNCC3)nc(Oc3cc(F)c4[nH]c(C)cc4c3F)n2)n[nH]1. The standard InChI is InChI=1S/C24H23F2N7O/c1-3-4-15-10-21(33-32-15)30-20-12-18(14-5-7-27-8-6-14)29-24(31-20)34-19-11-17(25)23-16(22(19)26)9-13(2)28-23/h3-5,9-12,27-28H,6-8H2,1-2H3,(H2,29,30,31,32,33). The van der Waals surface area contributed by atoms with Crippen LogP contribution in [0.3, 0.4) is 0 Å². The Morgan fingerprint density at radius 1 is 1.12 bits per heavy atom. The first-order valence-electron chi connectivity index (χ1n) is 10.9. The summed E-state index contributed by atoms with van der Waals surface area (Å²) in [5, 5.41) is 13.6. The summed E-state index contributed by atoms with van der Waals surface area (Å²) in [5.74, 6) is -0.639. The molecule has 174 valence electrons. The van der Waals surface area contributed by atoms with Crippen LogP contribution in [-0.4, -0.2) is 38.2 Å². The first-order chi connectivity index (χ1) is 16.5. The number of anilines is 2. The average Bonchev–Trinajstić information content (AvgIpc) is 3.44. The third-order valence-corrected chi connectivity index (χ3v) is 5.40. The highest BCUT2D eigenvalue weighted by Crippen LogP contribution is 2.33. The zero-order valence-electron chi connectivity index (χ0n) is 18.7. The molecule has 0 unspecified atom stereocenters. The van der Waals surface area contributed by atoms with Gasteiger partial charge < -0.3 is 20.4 Å². The molecule has 1 aliphatic heterocycles. The van der Waals surface area contributed by atoms with Crippen molar-refractivity contribution in [1.29, 1.82) is 0 Å². The minimum Gasteiger partial charge on any atom is -0.421 e. The highest BCUT2D eigenvalue weighted by molar-refractivity contribution is 5.83. The monoisotopic (exact) mass is 463 g/mol. The van der Waals surface area contributed by atoms with E-state index in [4.69, 9.17) is 4.74 Å². The summed E-state index contributed by atoms with van der Waals surface area (Å²) >= 11 is 0. The molecule has 34 heavy (non-hydrogen) atoms. The fourth-order valence-corrected chi connectivity index (χ4v) is 3.86. The Morgan fingerprint density at radius 3 is 2.79 bits per heavy atom.